The Labute approximate surface area is 107 Å². The Kier molecular flexibility index (Phi) is 4.90. The van der Waals surface area contributed by atoms with Crippen LogP contribution in [0, 0.1) is 0 Å². The minimum Gasteiger partial charge on any atom is -0.478 e. The molecule has 17 heavy (non-hydrogen) atoms. The van der Waals surface area contributed by atoms with Gasteiger partial charge in [-0.1, -0.05) is 22.0 Å². The highest BCUT2D eigenvalue weighted by molar-refractivity contribution is 9.10. The lowest BCUT2D eigenvalue weighted by atomic mass is 10.1. The zero-order chi connectivity index (χ0) is 12.8. The molecule has 90 valence electrons. The predicted molar refractivity (Wildman–Crippen MR) is 66.8 cm³/mol. The van der Waals surface area contributed by atoms with Crippen LogP contribution < -0.4 is 0 Å². The Morgan fingerprint density at radius 1 is 1.47 bits per heavy atom. The first kappa shape index (κ1) is 13.4. The van der Waals surface area contributed by atoms with E-state index in [0.29, 0.717) is 10.0 Å². The van der Waals surface area contributed by atoms with Crippen molar-refractivity contribution in [2.24, 2.45) is 0 Å². The van der Waals surface area contributed by atoms with E-state index in [-0.39, 0.29) is 12.2 Å². The molecule has 5 heteroatoms. The second-order valence-corrected chi connectivity index (χ2v) is 4.04. The standard InChI is InChI=1S/C12H11BrO4/c1-2-17-11(14)6-4-8-3-5-9(13)7-10(8)12(15)16/h3-7H,2H2,1H3,(H,15,16). The van der Waals surface area contributed by atoms with Crippen LogP contribution in [0.2, 0.25) is 0 Å². The number of carbonyl (C=O) groups excluding carboxylic acids is 1. The quantitative estimate of drug-likeness (QED) is 0.686. The summed E-state index contributed by atoms with van der Waals surface area (Å²) in [7, 11) is 0. The van der Waals surface area contributed by atoms with Gasteiger partial charge in [-0.3, -0.25) is 0 Å². The van der Waals surface area contributed by atoms with Gasteiger partial charge in [-0.05, 0) is 30.7 Å². The number of carbonyl (C=O) groups is 2. The van der Waals surface area contributed by atoms with Crippen molar-refractivity contribution in [2.75, 3.05) is 6.61 Å². The molecule has 1 rings (SSSR count). The molecule has 1 aromatic carbocycles. The van der Waals surface area contributed by atoms with Crippen LogP contribution in [-0.2, 0) is 9.53 Å². The van der Waals surface area contributed by atoms with E-state index >= 15 is 0 Å². The van der Waals surface area contributed by atoms with Crippen molar-refractivity contribution in [2.45, 2.75) is 6.92 Å². The van der Waals surface area contributed by atoms with Gasteiger partial charge in [0.05, 0.1) is 12.2 Å². The topological polar surface area (TPSA) is 63.6 Å². The average molecular weight is 299 g/mol. The largest absolute Gasteiger partial charge is 0.478 e. The molecule has 0 aliphatic carbocycles. The number of hydrogen-bond donors (Lipinski definition) is 1. The van der Waals surface area contributed by atoms with Gasteiger partial charge in [0, 0.05) is 10.5 Å². The molecule has 0 bridgehead atoms. The van der Waals surface area contributed by atoms with Crippen molar-refractivity contribution in [3.63, 3.8) is 0 Å². The maximum Gasteiger partial charge on any atom is 0.336 e. The highest BCUT2D eigenvalue weighted by atomic mass is 79.9. The Morgan fingerprint density at radius 2 is 2.18 bits per heavy atom. The van der Waals surface area contributed by atoms with Crippen LogP contribution in [0.15, 0.2) is 28.7 Å². The van der Waals surface area contributed by atoms with Crippen molar-refractivity contribution in [1.82, 2.24) is 0 Å². The van der Waals surface area contributed by atoms with Crippen molar-refractivity contribution in [3.8, 4) is 0 Å². The fourth-order valence-corrected chi connectivity index (χ4v) is 1.57. The fourth-order valence-electron chi connectivity index (χ4n) is 1.21. The molecule has 0 radical (unpaired) electrons. The van der Waals surface area contributed by atoms with E-state index in [9.17, 15) is 9.59 Å². The number of hydrogen-bond acceptors (Lipinski definition) is 3. The summed E-state index contributed by atoms with van der Waals surface area (Å²) in [6, 6.07) is 4.80. The van der Waals surface area contributed by atoms with Crippen molar-refractivity contribution in [1.29, 1.82) is 0 Å². The van der Waals surface area contributed by atoms with Crippen LogP contribution in [-0.4, -0.2) is 23.7 Å². The first-order chi connectivity index (χ1) is 8.04. The molecule has 0 aromatic heterocycles. The van der Waals surface area contributed by atoms with E-state index in [0.717, 1.165) is 0 Å². The summed E-state index contributed by atoms with van der Waals surface area (Å²) < 4.78 is 5.37. The highest BCUT2D eigenvalue weighted by Crippen LogP contribution is 2.18. The van der Waals surface area contributed by atoms with Crippen LogP contribution in [0.25, 0.3) is 6.08 Å². The number of halogens is 1. The molecule has 0 heterocycles. The van der Waals surface area contributed by atoms with Gasteiger partial charge in [0.15, 0.2) is 0 Å². The Hall–Kier alpha value is -1.62. The summed E-state index contributed by atoms with van der Waals surface area (Å²) in [5.74, 6) is -1.54. The fraction of sp³-hybridized carbons (Fsp3) is 0.167. The van der Waals surface area contributed by atoms with E-state index < -0.39 is 11.9 Å². The van der Waals surface area contributed by atoms with Crippen molar-refractivity contribution >= 4 is 33.9 Å². The van der Waals surface area contributed by atoms with E-state index in [1.54, 1.807) is 19.1 Å². The van der Waals surface area contributed by atoms with Crippen LogP contribution in [0.4, 0.5) is 0 Å². The van der Waals surface area contributed by atoms with Gasteiger partial charge in [0.1, 0.15) is 0 Å². The third-order valence-corrected chi connectivity index (χ3v) is 2.42. The van der Waals surface area contributed by atoms with Crippen LogP contribution >= 0.6 is 15.9 Å². The van der Waals surface area contributed by atoms with E-state index in [2.05, 4.69) is 15.9 Å². The maximum atomic E-state index is 11.1. The summed E-state index contributed by atoms with van der Waals surface area (Å²) in [5.41, 5.74) is 0.577. The number of esters is 1. The molecule has 0 saturated carbocycles. The number of carboxylic acid groups (broad SMARTS) is 1. The van der Waals surface area contributed by atoms with Gasteiger partial charge in [0.25, 0.3) is 0 Å². The van der Waals surface area contributed by atoms with Crippen LogP contribution in [0.5, 0.6) is 0 Å². The second kappa shape index (κ2) is 6.20. The van der Waals surface area contributed by atoms with Gasteiger partial charge >= 0.3 is 11.9 Å². The molecule has 0 amide bonds. The highest BCUT2D eigenvalue weighted by Gasteiger charge is 2.08. The third kappa shape index (κ3) is 4.03. The number of ether oxygens (including phenoxy) is 1. The predicted octanol–water partition coefficient (Wildman–Crippen LogP) is 2.72. The molecule has 0 fully saturated rings. The minimum absolute atomic E-state index is 0.125. The smallest absolute Gasteiger partial charge is 0.336 e. The Morgan fingerprint density at radius 3 is 2.76 bits per heavy atom. The number of benzene rings is 1. The van der Waals surface area contributed by atoms with Gasteiger partial charge < -0.3 is 9.84 Å². The molecule has 4 nitrogen and oxygen atoms in total. The molecular weight excluding hydrogens is 288 g/mol. The monoisotopic (exact) mass is 298 g/mol. The minimum atomic E-state index is -1.05. The molecule has 0 unspecified atom stereocenters. The maximum absolute atomic E-state index is 11.1. The number of rotatable bonds is 4. The lowest BCUT2D eigenvalue weighted by Gasteiger charge is -2.01. The second-order valence-electron chi connectivity index (χ2n) is 3.12. The molecular formula is C12H11BrO4. The van der Waals surface area contributed by atoms with E-state index in [1.807, 2.05) is 0 Å². The number of carboxylic acids is 1. The molecule has 1 aromatic rings. The molecule has 0 spiro atoms. The van der Waals surface area contributed by atoms with Gasteiger partial charge in [-0.25, -0.2) is 9.59 Å². The van der Waals surface area contributed by atoms with Crippen LogP contribution in [0.1, 0.15) is 22.8 Å². The van der Waals surface area contributed by atoms with Crippen molar-refractivity contribution < 1.29 is 19.4 Å². The molecule has 0 aliphatic heterocycles. The van der Waals surface area contributed by atoms with Gasteiger partial charge in [-0.15, -0.1) is 0 Å². The Balaban J connectivity index is 2.98. The first-order valence-corrected chi connectivity index (χ1v) is 5.71. The summed E-state index contributed by atoms with van der Waals surface area (Å²) in [5, 5.41) is 8.99. The molecule has 0 aliphatic rings. The van der Waals surface area contributed by atoms with Crippen LogP contribution in [0.3, 0.4) is 0 Å². The molecule has 1 N–H and O–H groups in total. The third-order valence-electron chi connectivity index (χ3n) is 1.93. The van der Waals surface area contributed by atoms with E-state index in [1.165, 1.54) is 18.2 Å². The van der Waals surface area contributed by atoms with Gasteiger partial charge in [0.2, 0.25) is 0 Å². The summed E-state index contributed by atoms with van der Waals surface area (Å²) >= 11 is 3.19. The number of aromatic carboxylic acids is 1. The summed E-state index contributed by atoms with van der Waals surface area (Å²) in [6.45, 7) is 1.99. The molecule has 0 saturated heterocycles. The zero-order valence-electron chi connectivity index (χ0n) is 9.14. The summed E-state index contributed by atoms with van der Waals surface area (Å²) in [4.78, 5) is 22.1. The lowest BCUT2D eigenvalue weighted by Crippen LogP contribution is -2.01. The molecule has 0 atom stereocenters. The SMILES string of the molecule is CCOC(=O)C=Cc1ccc(Br)cc1C(=O)O. The zero-order valence-corrected chi connectivity index (χ0v) is 10.7. The Bertz CT molecular complexity index is 466. The van der Waals surface area contributed by atoms with Crippen molar-refractivity contribution in [3.05, 3.63) is 39.9 Å². The first-order valence-electron chi connectivity index (χ1n) is 4.92. The lowest BCUT2D eigenvalue weighted by molar-refractivity contribution is -0.137. The van der Waals surface area contributed by atoms with Gasteiger partial charge in [-0.2, -0.15) is 0 Å². The average Bonchev–Trinajstić information content (AvgIpc) is 2.27. The summed E-state index contributed by atoms with van der Waals surface area (Å²) in [6.07, 6.45) is 2.63. The normalized spacial score (nSPS) is 10.5. The van der Waals surface area contributed by atoms with E-state index in [4.69, 9.17) is 9.84 Å².